The Balaban J connectivity index is 2.02. The molecule has 0 N–H and O–H groups in total. The van der Waals surface area contributed by atoms with E-state index in [1.165, 1.54) is 11.3 Å². The average Bonchev–Trinajstić information content (AvgIpc) is 2.96. The first kappa shape index (κ1) is 12.5. The van der Waals surface area contributed by atoms with Gasteiger partial charge in [0.15, 0.2) is 0 Å². The average molecular weight is 254 g/mol. The number of carbonyl (C=O) groups is 1. The molecule has 4 nitrogen and oxygen atoms in total. The van der Waals surface area contributed by atoms with E-state index in [9.17, 15) is 4.79 Å². The first-order valence-electron chi connectivity index (χ1n) is 5.99. The van der Waals surface area contributed by atoms with Crippen LogP contribution in [0.1, 0.15) is 28.7 Å². The van der Waals surface area contributed by atoms with Crippen molar-refractivity contribution in [1.82, 2.24) is 9.88 Å². The highest BCUT2D eigenvalue weighted by Crippen LogP contribution is 2.18. The molecule has 1 saturated heterocycles. The van der Waals surface area contributed by atoms with Crippen molar-refractivity contribution in [1.29, 1.82) is 0 Å². The highest BCUT2D eigenvalue weighted by molar-refractivity contribution is 7.11. The standard InChI is InChI=1S/C12H18N2O2S/c1-3-14(6-10-4-5-16-7-10)12(15)11-9(2)13-8-17-11/h8,10H,3-7H2,1-2H3. The van der Waals surface area contributed by atoms with E-state index >= 15 is 0 Å². The van der Waals surface area contributed by atoms with E-state index in [1.54, 1.807) is 5.51 Å². The highest BCUT2D eigenvalue weighted by Gasteiger charge is 2.23. The van der Waals surface area contributed by atoms with Crippen molar-refractivity contribution in [3.05, 3.63) is 16.1 Å². The molecule has 2 rings (SSSR count). The molecule has 0 bridgehead atoms. The van der Waals surface area contributed by atoms with Crippen molar-refractivity contribution in [3.8, 4) is 0 Å². The Kier molecular flexibility index (Phi) is 4.12. The van der Waals surface area contributed by atoms with Crippen molar-refractivity contribution in [2.24, 2.45) is 5.92 Å². The Bertz CT molecular complexity index is 386. The third kappa shape index (κ3) is 2.84. The number of thiazole rings is 1. The predicted octanol–water partition coefficient (Wildman–Crippen LogP) is 1.95. The van der Waals surface area contributed by atoms with Gasteiger partial charge in [0.1, 0.15) is 4.88 Å². The molecule has 5 heteroatoms. The van der Waals surface area contributed by atoms with Gasteiger partial charge >= 0.3 is 0 Å². The van der Waals surface area contributed by atoms with E-state index in [-0.39, 0.29) is 5.91 Å². The van der Waals surface area contributed by atoms with Crippen molar-refractivity contribution in [2.45, 2.75) is 20.3 Å². The van der Waals surface area contributed by atoms with Gasteiger partial charge in [0.05, 0.1) is 17.8 Å². The number of hydrogen-bond donors (Lipinski definition) is 0. The van der Waals surface area contributed by atoms with Crippen LogP contribution in [-0.4, -0.2) is 42.1 Å². The van der Waals surface area contributed by atoms with Gasteiger partial charge in [-0.15, -0.1) is 11.3 Å². The molecule has 1 aliphatic heterocycles. The van der Waals surface area contributed by atoms with Gasteiger partial charge in [-0.2, -0.15) is 0 Å². The molecule has 17 heavy (non-hydrogen) atoms. The molecule has 1 aromatic heterocycles. The lowest BCUT2D eigenvalue weighted by atomic mass is 10.1. The minimum absolute atomic E-state index is 0.111. The maximum Gasteiger partial charge on any atom is 0.265 e. The van der Waals surface area contributed by atoms with E-state index in [0.717, 1.165) is 43.3 Å². The monoisotopic (exact) mass is 254 g/mol. The van der Waals surface area contributed by atoms with Crippen molar-refractivity contribution in [2.75, 3.05) is 26.3 Å². The lowest BCUT2D eigenvalue weighted by Crippen LogP contribution is -2.35. The van der Waals surface area contributed by atoms with Crippen molar-refractivity contribution < 1.29 is 9.53 Å². The smallest absolute Gasteiger partial charge is 0.265 e. The molecule has 94 valence electrons. The van der Waals surface area contributed by atoms with Crippen molar-refractivity contribution >= 4 is 17.2 Å². The third-order valence-corrected chi connectivity index (χ3v) is 4.03. The van der Waals surface area contributed by atoms with Gasteiger partial charge in [-0.1, -0.05) is 0 Å². The molecule has 2 heterocycles. The maximum absolute atomic E-state index is 12.3. The normalized spacial score (nSPS) is 19.5. The summed E-state index contributed by atoms with van der Waals surface area (Å²) < 4.78 is 5.35. The predicted molar refractivity (Wildman–Crippen MR) is 67.4 cm³/mol. The Labute approximate surface area is 106 Å². The summed E-state index contributed by atoms with van der Waals surface area (Å²) in [5.41, 5.74) is 2.57. The number of ether oxygens (including phenoxy) is 1. The van der Waals surface area contributed by atoms with Crippen LogP contribution in [-0.2, 0) is 4.74 Å². The van der Waals surface area contributed by atoms with Crippen LogP contribution in [0.5, 0.6) is 0 Å². The fourth-order valence-electron chi connectivity index (χ4n) is 2.05. The van der Waals surface area contributed by atoms with Crippen LogP contribution in [0, 0.1) is 12.8 Å². The Morgan fingerprint density at radius 1 is 1.71 bits per heavy atom. The summed E-state index contributed by atoms with van der Waals surface area (Å²) in [6.45, 7) is 7.06. The van der Waals surface area contributed by atoms with Gasteiger partial charge in [0.2, 0.25) is 0 Å². The van der Waals surface area contributed by atoms with Gasteiger partial charge in [-0.25, -0.2) is 4.98 Å². The minimum Gasteiger partial charge on any atom is -0.381 e. The lowest BCUT2D eigenvalue weighted by Gasteiger charge is -2.23. The number of carbonyl (C=O) groups excluding carboxylic acids is 1. The first-order chi connectivity index (χ1) is 8.22. The Morgan fingerprint density at radius 2 is 2.53 bits per heavy atom. The zero-order chi connectivity index (χ0) is 12.3. The highest BCUT2D eigenvalue weighted by atomic mass is 32.1. The second kappa shape index (κ2) is 5.60. The van der Waals surface area contributed by atoms with E-state index in [1.807, 2.05) is 18.7 Å². The summed E-state index contributed by atoms with van der Waals surface area (Å²) in [5.74, 6) is 0.603. The summed E-state index contributed by atoms with van der Waals surface area (Å²) in [4.78, 5) is 19.1. The summed E-state index contributed by atoms with van der Waals surface area (Å²) in [6.07, 6.45) is 1.06. The SMILES string of the molecule is CCN(CC1CCOC1)C(=O)c1scnc1C. The number of hydrogen-bond acceptors (Lipinski definition) is 4. The molecular weight excluding hydrogens is 236 g/mol. The molecule has 0 aromatic carbocycles. The molecule has 1 atom stereocenters. The topological polar surface area (TPSA) is 42.4 Å². The molecule has 1 aromatic rings. The van der Waals surface area contributed by atoms with Crippen LogP contribution in [0.25, 0.3) is 0 Å². The van der Waals surface area contributed by atoms with Crippen LogP contribution in [0.4, 0.5) is 0 Å². The fourth-order valence-corrected chi connectivity index (χ4v) is 2.81. The largest absolute Gasteiger partial charge is 0.381 e. The van der Waals surface area contributed by atoms with E-state index in [4.69, 9.17) is 4.74 Å². The van der Waals surface area contributed by atoms with Gasteiger partial charge in [0.25, 0.3) is 5.91 Å². The summed E-state index contributed by atoms with van der Waals surface area (Å²) in [6, 6.07) is 0. The molecule has 1 aliphatic rings. The Morgan fingerprint density at radius 3 is 3.06 bits per heavy atom. The molecule has 1 unspecified atom stereocenters. The third-order valence-electron chi connectivity index (χ3n) is 3.11. The number of amides is 1. The molecule has 1 amide bonds. The second-order valence-electron chi connectivity index (χ2n) is 4.34. The Hall–Kier alpha value is -0.940. The maximum atomic E-state index is 12.3. The van der Waals surface area contributed by atoms with E-state index in [2.05, 4.69) is 4.98 Å². The van der Waals surface area contributed by atoms with Crippen LogP contribution in [0.3, 0.4) is 0 Å². The molecular formula is C12H18N2O2S. The summed E-state index contributed by atoms with van der Waals surface area (Å²) >= 11 is 1.43. The van der Waals surface area contributed by atoms with Crippen LogP contribution >= 0.6 is 11.3 Å². The quantitative estimate of drug-likeness (QED) is 0.824. The second-order valence-corrected chi connectivity index (χ2v) is 5.20. The minimum atomic E-state index is 0.111. The van der Waals surface area contributed by atoms with Crippen LogP contribution in [0.15, 0.2) is 5.51 Å². The van der Waals surface area contributed by atoms with Gasteiger partial charge in [-0.3, -0.25) is 4.79 Å². The zero-order valence-electron chi connectivity index (χ0n) is 10.3. The molecule has 0 radical (unpaired) electrons. The fraction of sp³-hybridized carbons (Fsp3) is 0.667. The van der Waals surface area contributed by atoms with E-state index < -0.39 is 0 Å². The molecule has 0 spiro atoms. The van der Waals surface area contributed by atoms with E-state index in [0.29, 0.717) is 5.92 Å². The zero-order valence-corrected chi connectivity index (χ0v) is 11.1. The number of nitrogens with zero attached hydrogens (tertiary/aromatic N) is 2. The van der Waals surface area contributed by atoms with Gasteiger partial charge in [-0.05, 0) is 20.3 Å². The molecule has 0 saturated carbocycles. The first-order valence-corrected chi connectivity index (χ1v) is 6.87. The lowest BCUT2D eigenvalue weighted by molar-refractivity contribution is 0.0734. The summed E-state index contributed by atoms with van der Waals surface area (Å²) in [5, 5.41) is 0. The molecule has 1 fully saturated rings. The molecule has 0 aliphatic carbocycles. The number of rotatable bonds is 4. The number of aryl methyl sites for hydroxylation is 1. The van der Waals surface area contributed by atoms with Crippen molar-refractivity contribution in [3.63, 3.8) is 0 Å². The summed E-state index contributed by atoms with van der Waals surface area (Å²) in [7, 11) is 0. The van der Waals surface area contributed by atoms with Gasteiger partial charge < -0.3 is 9.64 Å². The number of aromatic nitrogens is 1. The van der Waals surface area contributed by atoms with Gasteiger partial charge in [0, 0.05) is 25.6 Å². The van der Waals surface area contributed by atoms with Crippen LogP contribution < -0.4 is 0 Å². The van der Waals surface area contributed by atoms with Crippen LogP contribution in [0.2, 0.25) is 0 Å².